The third kappa shape index (κ3) is 5.47. The molecule has 0 radical (unpaired) electrons. The van der Waals surface area contributed by atoms with Crippen LogP contribution in [0, 0.1) is 0 Å². The van der Waals surface area contributed by atoms with Crippen molar-refractivity contribution < 1.29 is 28.9 Å². The van der Waals surface area contributed by atoms with Crippen LogP contribution in [0.5, 0.6) is 5.75 Å². The maximum Gasteiger partial charge on any atom is 0.325 e. The fourth-order valence-electron chi connectivity index (χ4n) is 2.80. The third-order valence-corrected chi connectivity index (χ3v) is 4.18. The smallest absolute Gasteiger partial charge is 0.325 e. The van der Waals surface area contributed by atoms with Gasteiger partial charge < -0.3 is 24.6 Å². The monoisotopic (exact) mass is 398 g/mol. The minimum atomic E-state index is -0.685. The van der Waals surface area contributed by atoms with Gasteiger partial charge in [0.15, 0.2) is 11.5 Å². The van der Waals surface area contributed by atoms with E-state index < -0.39 is 11.9 Å². The molecule has 1 aliphatic carbocycles. The topological polar surface area (TPSA) is 107 Å². The number of hydrogen-bond acceptors (Lipinski definition) is 7. The van der Waals surface area contributed by atoms with Gasteiger partial charge in [0.2, 0.25) is 0 Å². The van der Waals surface area contributed by atoms with Gasteiger partial charge >= 0.3 is 5.97 Å². The molecule has 8 heteroatoms. The summed E-state index contributed by atoms with van der Waals surface area (Å²) < 4.78 is 16.0. The Morgan fingerprint density at radius 1 is 1.34 bits per heavy atom. The maximum absolute atomic E-state index is 12.1. The molecule has 2 N–H and O–H groups in total. The van der Waals surface area contributed by atoms with Crippen LogP contribution in [0.25, 0.3) is 5.76 Å². The van der Waals surface area contributed by atoms with E-state index in [-0.39, 0.29) is 24.6 Å². The lowest BCUT2D eigenvalue weighted by molar-refractivity contribution is -0.141. The number of aromatic nitrogens is 1. The highest BCUT2D eigenvalue weighted by molar-refractivity contribution is 5.96. The number of hydrogen-bond donors (Lipinski definition) is 2. The van der Waals surface area contributed by atoms with Crippen molar-refractivity contribution in [3.05, 3.63) is 65.6 Å². The highest BCUT2D eigenvalue weighted by atomic mass is 16.5. The van der Waals surface area contributed by atoms with E-state index in [9.17, 15) is 14.7 Å². The first-order valence-electron chi connectivity index (χ1n) is 9.27. The van der Waals surface area contributed by atoms with Crippen molar-refractivity contribution in [3.8, 4) is 5.75 Å². The number of allylic oxidation sites excluding steroid dienone is 4. The fraction of sp³-hybridized carbons (Fsp3) is 0.286. The lowest BCUT2D eigenvalue weighted by Gasteiger charge is -2.18. The summed E-state index contributed by atoms with van der Waals surface area (Å²) in [6, 6.07) is 1.35. The van der Waals surface area contributed by atoms with Gasteiger partial charge in [0.05, 0.1) is 6.61 Å². The van der Waals surface area contributed by atoms with Crippen LogP contribution in [0.1, 0.15) is 42.2 Å². The third-order valence-electron chi connectivity index (χ3n) is 4.18. The molecule has 0 fully saturated rings. The van der Waals surface area contributed by atoms with E-state index in [0.29, 0.717) is 23.5 Å². The molecule has 29 heavy (non-hydrogen) atoms. The number of nitrogens with one attached hydrogen (secondary N) is 1. The molecule has 0 bridgehead atoms. The van der Waals surface area contributed by atoms with E-state index >= 15 is 0 Å². The van der Waals surface area contributed by atoms with E-state index in [1.165, 1.54) is 30.4 Å². The first-order valence-corrected chi connectivity index (χ1v) is 9.27. The number of nitrogens with zero attached hydrogens (tertiary/aromatic N) is 1. The predicted molar refractivity (Wildman–Crippen MR) is 104 cm³/mol. The number of carbonyl (C=O) groups excluding carboxylic acids is 2. The molecule has 2 heterocycles. The zero-order valence-corrected chi connectivity index (χ0v) is 16.0. The van der Waals surface area contributed by atoms with E-state index in [1.807, 2.05) is 6.08 Å². The highest BCUT2D eigenvalue weighted by Crippen LogP contribution is 2.30. The summed E-state index contributed by atoms with van der Waals surface area (Å²) in [5.74, 6) is -0.590. The first kappa shape index (κ1) is 20.2. The summed E-state index contributed by atoms with van der Waals surface area (Å²) in [7, 11) is 0. The molecule has 0 spiro atoms. The molecule has 1 aliphatic heterocycles. The van der Waals surface area contributed by atoms with Crippen LogP contribution in [0.15, 0.2) is 54.3 Å². The van der Waals surface area contributed by atoms with Crippen LogP contribution in [-0.2, 0) is 19.0 Å². The Labute approximate surface area is 168 Å². The number of rotatable bonds is 7. The number of ether oxygens (including phenoxy) is 3. The van der Waals surface area contributed by atoms with Gasteiger partial charge in [-0.2, -0.15) is 0 Å². The van der Waals surface area contributed by atoms with Gasteiger partial charge in [-0.1, -0.05) is 23.8 Å². The number of esters is 1. The van der Waals surface area contributed by atoms with Gasteiger partial charge in [-0.25, -0.2) is 4.98 Å². The molecule has 3 rings (SSSR count). The zero-order chi connectivity index (χ0) is 20.6. The molecule has 152 valence electrons. The summed E-state index contributed by atoms with van der Waals surface area (Å²) in [4.78, 5) is 27.4. The lowest BCUT2D eigenvalue weighted by atomic mass is 10.0. The summed E-state index contributed by atoms with van der Waals surface area (Å²) in [6.45, 7) is 1.58. The van der Waals surface area contributed by atoms with Crippen molar-refractivity contribution in [2.24, 2.45) is 0 Å². The van der Waals surface area contributed by atoms with Crippen LogP contribution < -0.4 is 5.32 Å². The summed E-state index contributed by atoms with van der Waals surface area (Å²) in [6.07, 6.45) is 13.1. The average molecular weight is 398 g/mol. The van der Waals surface area contributed by atoms with Crippen molar-refractivity contribution in [3.63, 3.8) is 0 Å². The molecular weight excluding hydrogens is 376 g/mol. The van der Waals surface area contributed by atoms with E-state index in [0.717, 1.165) is 12.8 Å². The lowest BCUT2D eigenvalue weighted by Crippen LogP contribution is -2.31. The molecule has 1 aromatic heterocycles. The Bertz CT molecular complexity index is 914. The Morgan fingerprint density at radius 2 is 2.21 bits per heavy atom. The zero-order valence-electron chi connectivity index (χ0n) is 16.0. The number of amides is 1. The fourth-order valence-corrected chi connectivity index (χ4v) is 2.80. The standard InChI is InChI=1S/C21H22N2O6/c1-2-28-19(25)11-23-21(26)20-17(24)9-15(10-22-20)18-13-27-12-16(29-18)8-14-6-4-3-5-7-14/h3-4,6,9-10,12-13,24H,2,5,7-8,11H2,1H3,(H,23,26). The average Bonchev–Trinajstić information content (AvgIpc) is 2.73. The van der Waals surface area contributed by atoms with Gasteiger partial charge in [-0.05, 0) is 25.8 Å². The van der Waals surface area contributed by atoms with Crippen molar-refractivity contribution in [1.82, 2.24) is 10.3 Å². The summed E-state index contributed by atoms with van der Waals surface area (Å²) in [5.41, 5.74) is 1.48. The second-order valence-corrected chi connectivity index (χ2v) is 6.35. The molecule has 0 aromatic carbocycles. The molecule has 8 nitrogen and oxygen atoms in total. The molecule has 0 saturated heterocycles. The second kappa shape index (κ2) is 9.59. The highest BCUT2D eigenvalue weighted by Gasteiger charge is 2.19. The Morgan fingerprint density at radius 3 is 2.93 bits per heavy atom. The van der Waals surface area contributed by atoms with Crippen molar-refractivity contribution in [1.29, 1.82) is 0 Å². The van der Waals surface area contributed by atoms with Crippen LogP contribution in [0.4, 0.5) is 0 Å². The molecule has 0 atom stereocenters. The van der Waals surface area contributed by atoms with Gasteiger partial charge in [0, 0.05) is 18.2 Å². The van der Waals surface area contributed by atoms with E-state index in [2.05, 4.69) is 22.5 Å². The maximum atomic E-state index is 12.1. The quantitative estimate of drug-likeness (QED) is 0.680. The van der Waals surface area contributed by atoms with Crippen molar-refractivity contribution >= 4 is 17.6 Å². The molecule has 0 saturated carbocycles. The van der Waals surface area contributed by atoms with Gasteiger partial charge in [-0.3, -0.25) is 9.59 Å². The number of carbonyl (C=O) groups is 2. The largest absolute Gasteiger partial charge is 0.505 e. The predicted octanol–water partition coefficient (Wildman–Crippen LogP) is 2.93. The first-order chi connectivity index (χ1) is 14.1. The minimum Gasteiger partial charge on any atom is -0.505 e. The molecule has 2 aliphatic rings. The van der Waals surface area contributed by atoms with Crippen LogP contribution in [0.3, 0.4) is 0 Å². The summed E-state index contributed by atoms with van der Waals surface area (Å²) in [5, 5.41) is 12.5. The molecule has 1 amide bonds. The second-order valence-electron chi connectivity index (χ2n) is 6.35. The van der Waals surface area contributed by atoms with Gasteiger partial charge in [-0.15, -0.1) is 0 Å². The minimum absolute atomic E-state index is 0.203. The van der Waals surface area contributed by atoms with Crippen LogP contribution >= 0.6 is 0 Å². The van der Waals surface area contributed by atoms with E-state index in [1.54, 1.807) is 6.92 Å². The van der Waals surface area contributed by atoms with Gasteiger partial charge in [0.25, 0.3) is 5.91 Å². The Kier molecular flexibility index (Phi) is 6.67. The van der Waals surface area contributed by atoms with Crippen LogP contribution in [0.2, 0.25) is 0 Å². The number of pyridine rings is 1. The van der Waals surface area contributed by atoms with Gasteiger partial charge in [0.1, 0.15) is 30.6 Å². The molecular formula is C21H22N2O6. The Hall–Kier alpha value is -3.55. The molecule has 0 unspecified atom stereocenters. The van der Waals surface area contributed by atoms with Crippen molar-refractivity contribution in [2.75, 3.05) is 13.2 Å². The van der Waals surface area contributed by atoms with Crippen LogP contribution in [-0.4, -0.2) is 35.1 Å². The van der Waals surface area contributed by atoms with Crippen molar-refractivity contribution in [2.45, 2.75) is 26.2 Å². The SMILES string of the molecule is CCOC(=O)CNC(=O)c1ncc(C2=COC=C(CC3=CC=CCC3)O2)cc1O. The van der Waals surface area contributed by atoms with E-state index in [4.69, 9.17) is 14.2 Å². The summed E-state index contributed by atoms with van der Waals surface area (Å²) >= 11 is 0. The number of aromatic hydroxyl groups is 1. The molecule has 1 aromatic rings. The Balaban J connectivity index is 1.63. The normalized spacial score (nSPS) is 15.3.